The molecule has 4 aliphatic heterocycles. The lowest BCUT2D eigenvalue weighted by Gasteiger charge is -2.23. The standard InChI is InChI=1S/2C9H9BN2.2FH/c2*1-3-8-7-9-4-2-6-12(9)10-11(8)5-1;;/h2*1-3,5-7,10H,4H2;2*1H. The molecule has 0 saturated carbocycles. The van der Waals surface area contributed by atoms with E-state index in [1.54, 1.807) is 0 Å². The van der Waals surface area contributed by atoms with Crippen LogP contribution in [0.3, 0.4) is 0 Å². The Morgan fingerprint density at radius 1 is 0.692 bits per heavy atom. The molecule has 0 bridgehead atoms. The van der Waals surface area contributed by atoms with E-state index in [1.165, 1.54) is 22.8 Å². The van der Waals surface area contributed by atoms with Gasteiger partial charge in [-0.3, -0.25) is 9.41 Å². The van der Waals surface area contributed by atoms with Crippen LogP contribution in [-0.2, 0) is 0 Å². The Kier molecular flexibility index (Phi) is 4.93. The van der Waals surface area contributed by atoms with Crippen molar-refractivity contribution in [1.82, 2.24) is 18.6 Å². The molecule has 0 unspecified atom stereocenters. The predicted octanol–water partition coefficient (Wildman–Crippen LogP) is 2.66. The first-order valence-corrected chi connectivity index (χ1v) is 8.45. The summed E-state index contributed by atoms with van der Waals surface area (Å²) in [5.74, 6) is 0. The lowest BCUT2D eigenvalue weighted by atomic mass is 10.0. The van der Waals surface area contributed by atoms with Gasteiger partial charge in [0, 0.05) is 35.6 Å². The summed E-state index contributed by atoms with van der Waals surface area (Å²) in [6.07, 6.45) is 19.7. The van der Waals surface area contributed by atoms with Gasteiger partial charge in [-0.25, -0.2) is 0 Å². The van der Waals surface area contributed by atoms with Crippen LogP contribution in [0.15, 0.2) is 72.6 Å². The number of hydrogen-bond acceptors (Lipinski definition) is 2. The van der Waals surface area contributed by atoms with Crippen molar-refractivity contribution < 1.29 is 9.41 Å². The molecule has 6 rings (SSSR count). The summed E-state index contributed by atoms with van der Waals surface area (Å²) >= 11 is 0. The van der Waals surface area contributed by atoms with Crippen molar-refractivity contribution >= 4 is 27.3 Å². The highest BCUT2D eigenvalue weighted by Gasteiger charge is 2.19. The predicted molar refractivity (Wildman–Crippen MR) is 106 cm³/mol. The summed E-state index contributed by atoms with van der Waals surface area (Å²) in [6.45, 7) is 0. The third-order valence-corrected chi connectivity index (χ3v) is 4.93. The zero-order valence-corrected chi connectivity index (χ0v) is 14.4. The molecule has 0 N–H and O–H groups in total. The Hall–Kier alpha value is -2.89. The molecule has 2 aromatic heterocycles. The van der Waals surface area contributed by atoms with E-state index in [1.807, 2.05) is 0 Å². The maximum Gasteiger partial charge on any atom is 0.364 e. The number of halogens is 2. The fourth-order valence-electron chi connectivity index (χ4n) is 3.63. The minimum absolute atomic E-state index is 0. The van der Waals surface area contributed by atoms with Crippen molar-refractivity contribution in [3.63, 3.8) is 0 Å². The van der Waals surface area contributed by atoms with Crippen LogP contribution >= 0.6 is 0 Å². The molecule has 6 heterocycles. The number of allylic oxidation sites excluding steroid dienone is 2. The van der Waals surface area contributed by atoms with Crippen molar-refractivity contribution in [1.29, 1.82) is 0 Å². The summed E-state index contributed by atoms with van der Waals surface area (Å²) in [5.41, 5.74) is 5.48. The van der Waals surface area contributed by atoms with Gasteiger partial charge in [0.1, 0.15) is 0 Å². The molecule has 132 valence electrons. The largest absolute Gasteiger partial charge is 0.378 e. The highest BCUT2D eigenvalue weighted by Crippen LogP contribution is 2.25. The Morgan fingerprint density at radius 3 is 1.62 bits per heavy atom. The van der Waals surface area contributed by atoms with E-state index in [2.05, 4.69) is 91.9 Å². The van der Waals surface area contributed by atoms with Crippen LogP contribution in [0.1, 0.15) is 24.2 Å². The summed E-state index contributed by atoms with van der Waals surface area (Å²) in [5, 5.41) is 0. The van der Waals surface area contributed by atoms with Gasteiger partial charge >= 0.3 is 15.1 Å². The number of aromatic nitrogens is 2. The second-order valence-electron chi connectivity index (χ2n) is 6.48. The van der Waals surface area contributed by atoms with Gasteiger partial charge in [-0.2, -0.15) is 0 Å². The molecule has 0 fully saturated rings. The Balaban J connectivity index is 0.000000140. The van der Waals surface area contributed by atoms with E-state index < -0.39 is 0 Å². The van der Waals surface area contributed by atoms with E-state index >= 15 is 0 Å². The first-order chi connectivity index (χ1) is 11.9. The molecule has 0 amide bonds. The highest BCUT2D eigenvalue weighted by atomic mass is 19.0. The van der Waals surface area contributed by atoms with Gasteiger partial charge < -0.3 is 18.6 Å². The summed E-state index contributed by atoms with van der Waals surface area (Å²) < 4.78 is 4.50. The van der Waals surface area contributed by atoms with Crippen LogP contribution in [0.25, 0.3) is 12.2 Å². The van der Waals surface area contributed by atoms with Crippen molar-refractivity contribution in [2.45, 2.75) is 12.8 Å². The lowest BCUT2D eigenvalue weighted by Crippen LogP contribution is -2.28. The van der Waals surface area contributed by atoms with Crippen molar-refractivity contribution in [2.75, 3.05) is 0 Å². The molecule has 26 heavy (non-hydrogen) atoms. The molecule has 0 atom stereocenters. The third-order valence-electron chi connectivity index (χ3n) is 4.93. The average Bonchev–Trinajstić information content (AvgIpc) is 3.35. The van der Waals surface area contributed by atoms with E-state index in [0.717, 1.165) is 27.9 Å². The second-order valence-corrected chi connectivity index (χ2v) is 6.48. The molecular weight excluding hydrogens is 332 g/mol. The monoisotopic (exact) mass is 352 g/mol. The molecular formula is C18H20B2F2N4. The van der Waals surface area contributed by atoms with Crippen molar-refractivity contribution in [3.05, 3.63) is 84.0 Å². The van der Waals surface area contributed by atoms with Crippen molar-refractivity contribution in [2.24, 2.45) is 0 Å². The summed E-state index contributed by atoms with van der Waals surface area (Å²) in [7, 11) is 1.95. The van der Waals surface area contributed by atoms with Crippen LogP contribution in [0.4, 0.5) is 9.41 Å². The fraction of sp³-hybridized carbons (Fsp3) is 0.111. The smallest absolute Gasteiger partial charge is 0.364 e. The molecule has 0 radical (unpaired) electrons. The van der Waals surface area contributed by atoms with Gasteiger partial charge in [-0.1, -0.05) is 12.2 Å². The topological polar surface area (TPSA) is 16.3 Å². The number of fused-ring (bicyclic) bond motifs is 4. The van der Waals surface area contributed by atoms with Gasteiger partial charge in [-0.15, -0.1) is 0 Å². The van der Waals surface area contributed by atoms with E-state index in [9.17, 15) is 0 Å². The van der Waals surface area contributed by atoms with Crippen molar-refractivity contribution in [3.8, 4) is 0 Å². The molecule has 4 nitrogen and oxygen atoms in total. The van der Waals surface area contributed by atoms with Gasteiger partial charge in [0.15, 0.2) is 0 Å². The molecule has 2 aromatic rings. The fourth-order valence-corrected chi connectivity index (χ4v) is 3.63. The highest BCUT2D eigenvalue weighted by molar-refractivity contribution is 6.33. The molecule has 4 aliphatic rings. The van der Waals surface area contributed by atoms with Gasteiger partial charge in [0.2, 0.25) is 0 Å². The first-order valence-electron chi connectivity index (χ1n) is 8.45. The van der Waals surface area contributed by atoms with E-state index in [4.69, 9.17) is 0 Å². The maximum atomic E-state index is 2.28. The van der Waals surface area contributed by atoms with Gasteiger partial charge in [0.05, 0.1) is 0 Å². The second kappa shape index (κ2) is 7.15. The first kappa shape index (κ1) is 17.9. The van der Waals surface area contributed by atoms with Crippen LogP contribution in [0, 0.1) is 0 Å². The third kappa shape index (κ3) is 3.03. The van der Waals surface area contributed by atoms with E-state index in [-0.39, 0.29) is 9.41 Å². The van der Waals surface area contributed by atoms with Gasteiger partial charge in [-0.05, 0) is 61.2 Å². The maximum absolute atomic E-state index is 2.28. The summed E-state index contributed by atoms with van der Waals surface area (Å²) in [6, 6.07) is 8.50. The zero-order chi connectivity index (χ0) is 15.9. The van der Waals surface area contributed by atoms with Gasteiger partial charge in [0.25, 0.3) is 0 Å². The van der Waals surface area contributed by atoms with Crippen LogP contribution in [0.5, 0.6) is 0 Å². The average molecular weight is 352 g/mol. The molecule has 0 aromatic carbocycles. The van der Waals surface area contributed by atoms with Crippen LogP contribution in [0.2, 0.25) is 0 Å². The Morgan fingerprint density at radius 2 is 1.15 bits per heavy atom. The Labute approximate surface area is 152 Å². The van der Waals surface area contributed by atoms with Crippen LogP contribution < -0.4 is 0 Å². The molecule has 0 spiro atoms. The molecule has 0 saturated heterocycles. The quantitative estimate of drug-likeness (QED) is 0.678. The minimum atomic E-state index is 0. The minimum Gasteiger partial charge on any atom is -0.378 e. The SMILES string of the molecule is B1N2C=CCC2=Cc2cccn21.B1N2C=CCC2=Cc2cccn21.F.F. The van der Waals surface area contributed by atoms with E-state index in [0.29, 0.717) is 0 Å². The Bertz CT molecular complexity index is 836. The molecule has 0 aliphatic carbocycles. The zero-order valence-electron chi connectivity index (χ0n) is 14.4. The number of nitrogens with zero attached hydrogens (tertiary/aromatic N) is 4. The van der Waals surface area contributed by atoms with Crippen LogP contribution in [-0.4, -0.2) is 33.7 Å². The summed E-state index contributed by atoms with van der Waals surface area (Å²) in [4.78, 5) is 4.57. The lowest BCUT2D eigenvalue weighted by molar-refractivity contribution is 0.724. The number of hydrogen-bond donors (Lipinski definition) is 0. The molecule has 8 heteroatoms. The number of rotatable bonds is 0. The normalized spacial score (nSPS) is 16.9.